The number of hydrogen-bond acceptors (Lipinski definition) is 6. The van der Waals surface area contributed by atoms with Crippen LogP contribution in [0.2, 0.25) is 0 Å². The highest BCUT2D eigenvalue weighted by Gasteiger charge is 2.44. The molecule has 0 N–H and O–H groups in total. The standard InChI is InChI=1S/C17H23N5O3/c1-4-22-14(5-10(2)20-22)17(23)21-8-12-6-13(25-15(12)9-21)7-16-19-18-11(3)24-16/h5,12-13,15H,4,6-9H2,1-3H3/t12-,13+,15+/m1/s1. The lowest BCUT2D eigenvalue weighted by Crippen LogP contribution is -2.33. The summed E-state index contributed by atoms with van der Waals surface area (Å²) < 4.78 is 13.3. The van der Waals surface area contributed by atoms with Crippen molar-refractivity contribution in [3.63, 3.8) is 0 Å². The van der Waals surface area contributed by atoms with E-state index in [1.54, 1.807) is 11.6 Å². The van der Waals surface area contributed by atoms with Gasteiger partial charge in [0.15, 0.2) is 0 Å². The molecule has 2 fully saturated rings. The van der Waals surface area contributed by atoms with E-state index in [0.29, 0.717) is 42.9 Å². The predicted molar refractivity (Wildman–Crippen MR) is 88.0 cm³/mol. The van der Waals surface area contributed by atoms with E-state index < -0.39 is 0 Å². The van der Waals surface area contributed by atoms with Gasteiger partial charge in [-0.3, -0.25) is 9.48 Å². The molecule has 2 aliphatic rings. The van der Waals surface area contributed by atoms with Crippen molar-refractivity contribution in [2.45, 2.75) is 52.4 Å². The number of carbonyl (C=O) groups excluding carboxylic acids is 1. The first kappa shape index (κ1) is 16.3. The van der Waals surface area contributed by atoms with Crippen LogP contribution in [-0.4, -0.2) is 56.1 Å². The van der Waals surface area contributed by atoms with Crippen LogP contribution in [0, 0.1) is 19.8 Å². The largest absolute Gasteiger partial charge is 0.426 e. The molecule has 0 spiro atoms. The zero-order valence-electron chi connectivity index (χ0n) is 14.8. The van der Waals surface area contributed by atoms with Gasteiger partial charge in [0.1, 0.15) is 5.69 Å². The van der Waals surface area contributed by atoms with Crippen molar-refractivity contribution in [2.24, 2.45) is 5.92 Å². The van der Waals surface area contributed by atoms with E-state index in [4.69, 9.17) is 9.15 Å². The van der Waals surface area contributed by atoms with Crippen molar-refractivity contribution in [2.75, 3.05) is 13.1 Å². The number of ether oxygens (including phenoxy) is 1. The van der Waals surface area contributed by atoms with Gasteiger partial charge in [-0.05, 0) is 26.3 Å². The van der Waals surface area contributed by atoms with Gasteiger partial charge in [0, 0.05) is 32.5 Å². The minimum absolute atomic E-state index is 0.0459. The van der Waals surface area contributed by atoms with Crippen molar-refractivity contribution < 1.29 is 13.9 Å². The molecule has 0 bridgehead atoms. The molecular weight excluding hydrogens is 322 g/mol. The number of amides is 1. The third-order valence-electron chi connectivity index (χ3n) is 4.99. The smallest absolute Gasteiger partial charge is 0.272 e. The van der Waals surface area contributed by atoms with Gasteiger partial charge in [-0.25, -0.2) is 0 Å². The first-order chi connectivity index (χ1) is 12.0. The van der Waals surface area contributed by atoms with Crippen LogP contribution in [-0.2, 0) is 17.7 Å². The van der Waals surface area contributed by atoms with Gasteiger partial charge in [0.25, 0.3) is 5.91 Å². The summed E-state index contributed by atoms with van der Waals surface area (Å²) in [7, 11) is 0. The number of rotatable bonds is 4. The van der Waals surface area contributed by atoms with Gasteiger partial charge < -0.3 is 14.1 Å². The Morgan fingerprint density at radius 2 is 2.16 bits per heavy atom. The van der Waals surface area contributed by atoms with E-state index in [1.807, 2.05) is 24.8 Å². The molecule has 1 amide bonds. The molecule has 25 heavy (non-hydrogen) atoms. The average Bonchev–Trinajstić information content (AvgIpc) is 3.30. The Morgan fingerprint density at radius 3 is 2.84 bits per heavy atom. The van der Waals surface area contributed by atoms with Gasteiger partial charge in [-0.15, -0.1) is 10.2 Å². The highest BCUT2D eigenvalue weighted by molar-refractivity contribution is 5.93. The van der Waals surface area contributed by atoms with Crippen LogP contribution in [0.1, 0.15) is 41.3 Å². The molecule has 0 unspecified atom stereocenters. The molecule has 2 aromatic rings. The summed E-state index contributed by atoms with van der Waals surface area (Å²) in [6.45, 7) is 7.75. The minimum Gasteiger partial charge on any atom is -0.426 e. The van der Waals surface area contributed by atoms with Crippen molar-refractivity contribution in [1.82, 2.24) is 24.9 Å². The molecule has 8 nitrogen and oxygen atoms in total. The monoisotopic (exact) mass is 345 g/mol. The summed E-state index contributed by atoms with van der Waals surface area (Å²) in [5.74, 6) is 1.62. The fourth-order valence-corrected chi connectivity index (χ4v) is 3.90. The topological polar surface area (TPSA) is 86.3 Å². The Kier molecular flexibility index (Phi) is 4.07. The Labute approximate surface area is 146 Å². The van der Waals surface area contributed by atoms with E-state index in [2.05, 4.69) is 15.3 Å². The Morgan fingerprint density at radius 1 is 1.32 bits per heavy atom. The molecule has 2 aliphatic heterocycles. The Hall–Kier alpha value is -2.22. The second-order valence-electron chi connectivity index (χ2n) is 6.91. The van der Waals surface area contributed by atoms with Crippen molar-refractivity contribution in [1.29, 1.82) is 0 Å². The number of likely N-dealkylation sites (tertiary alicyclic amines) is 1. The highest BCUT2D eigenvalue weighted by atomic mass is 16.5. The summed E-state index contributed by atoms with van der Waals surface area (Å²) in [4.78, 5) is 14.7. The average molecular weight is 345 g/mol. The lowest BCUT2D eigenvalue weighted by Gasteiger charge is -2.19. The molecule has 0 aliphatic carbocycles. The zero-order valence-corrected chi connectivity index (χ0v) is 14.8. The van der Waals surface area contributed by atoms with E-state index in [9.17, 15) is 4.79 Å². The van der Waals surface area contributed by atoms with E-state index in [0.717, 1.165) is 18.7 Å². The van der Waals surface area contributed by atoms with E-state index in [-0.39, 0.29) is 18.1 Å². The van der Waals surface area contributed by atoms with Gasteiger partial charge in [0.2, 0.25) is 11.8 Å². The molecule has 4 heterocycles. The Bertz CT molecular complexity index is 769. The second kappa shape index (κ2) is 6.25. The molecule has 4 rings (SSSR count). The Balaban J connectivity index is 1.38. The normalized spacial score (nSPS) is 25.6. The van der Waals surface area contributed by atoms with Gasteiger partial charge in [-0.2, -0.15) is 5.10 Å². The molecule has 2 saturated heterocycles. The highest BCUT2D eigenvalue weighted by Crippen LogP contribution is 2.34. The second-order valence-corrected chi connectivity index (χ2v) is 6.91. The summed E-state index contributed by atoms with van der Waals surface area (Å²) in [6, 6.07) is 1.86. The van der Waals surface area contributed by atoms with E-state index in [1.165, 1.54) is 0 Å². The number of fused-ring (bicyclic) bond motifs is 1. The molecule has 0 saturated carbocycles. The number of aryl methyl sites for hydroxylation is 3. The predicted octanol–water partition coefficient (Wildman–Crippen LogP) is 1.38. The maximum atomic E-state index is 12.8. The van der Waals surface area contributed by atoms with E-state index >= 15 is 0 Å². The fourth-order valence-electron chi connectivity index (χ4n) is 3.90. The van der Waals surface area contributed by atoms with Crippen molar-refractivity contribution in [3.05, 3.63) is 29.2 Å². The third-order valence-corrected chi connectivity index (χ3v) is 4.99. The quantitative estimate of drug-likeness (QED) is 0.832. The molecule has 0 radical (unpaired) electrons. The maximum absolute atomic E-state index is 12.8. The summed E-state index contributed by atoms with van der Waals surface area (Å²) in [5, 5.41) is 12.3. The van der Waals surface area contributed by atoms with Crippen LogP contribution in [0.15, 0.2) is 10.5 Å². The lowest BCUT2D eigenvalue weighted by molar-refractivity contribution is 0.0333. The van der Waals surface area contributed by atoms with Crippen molar-refractivity contribution in [3.8, 4) is 0 Å². The number of hydrogen-bond donors (Lipinski definition) is 0. The summed E-state index contributed by atoms with van der Waals surface area (Å²) >= 11 is 0. The molecular formula is C17H23N5O3. The maximum Gasteiger partial charge on any atom is 0.272 e. The van der Waals surface area contributed by atoms with Gasteiger partial charge >= 0.3 is 0 Å². The van der Waals surface area contributed by atoms with Crippen LogP contribution in [0.4, 0.5) is 0 Å². The summed E-state index contributed by atoms with van der Waals surface area (Å²) in [5.41, 5.74) is 1.54. The SMILES string of the molecule is CCn1nc(C)cc1C(=O)N1C[C@H]2C[C@@H](Cc3nnc(C)o3)O[C@H]2C1. The number of aromatic nitrogens is 4. The first-order valence-electron chi connectivity index (χ1n) is 8.81. The van der Waals surface area contributed by atoms with Crippen LogP contribution in [0.25, 0.3) is 0 Å². The molecule has 3 atom stereocenters. The molecule has 134 valence electrons. The number of nitrogens with zero attached hydrogens (tertiary/aromatic N) is 5. The van der Waals surface area contributed by atoms with Crippen LogP contribution >= 0.6 is 0 Å². The molecule has 8 heteroatoms. The number of carbonyl (C=O) groups is 1. The molecule has 2 aromatic heterocycles. The molecule has 0 aromatic carbocycles. The van der Waals surface area contributed by atoms with Crippen LogP contribution < -0.4 is 0 Å². The van der Waals surface area contributed by atoms with Gasteiger partial charge in [-0.1, -0.05) is 0 Å². The summed E-state index contributed by atoms with van der Waals surface area (Å²) in [6.07, 6.45) is 1.75. The van der Waals surface area contributed by atoms with Crippen molar-refractivity contribution >= 4 is 5.91 Å². The zero-order chi connectivity index (χ0) is 17.6. The first-order valence-corrected chi connectivity index (χ1v) is 8.81. The van der Waals surface area contributed by atoms with Crippen LogP contribution in [0.3, 0.4) is 0 Å². The third kappa shape index (κ3) is 3.06. The van der Waals surface area contributed by atoms with Gasteiger partial charge in [0.05, 0.1) is 24.3 Å². The lowest BCUT2D eigenvalue weighted by atomic mass is 10.0. The van der Waals surface area contributed by atoms with Crippen LogP contribution in [0.5, 0.6) is 0 Å². The minimum atomic E-state index is 0.0459. The fraction of sp³-hybridized carbons (Fsp3) is 0.647.